The van der Waals surface area contributed by atoms with Crippen LogP contribution in [0.1, 0.15) is 43.0 Å². The number of halogens is 1. The maximum Gasteiger partial charge on any atom is 0.255 e. The first-order valence-corrected chi connectivity index (χ1v) is 9.33. The summed E-state index contributed by atoms with van der Waals surface area (Å²) in [6.45, 7) is 6.47. The molecule has 0 unspecified atom stereocenters. The molecule has 1 aromatic carbocycles. The van der Waals surface area contributed by atoms with Crippen molar-refractivity contribution in [2.75, 3.05) is 26.2 Å². The first kappa shape index (κ1) is 17.3. The normalized spacial score (nSPS) is 16.6. The number of nitrogens with zero attached hydrogens (tertiary/aromatic N) is 1. The number of likely N-dealkylation sites (tertiary alicyclic amines) is 1. The van der Waals surface area contributed by atoms with Crippen LogP contribution in [0.3, 0.4) is 0 Å². The maximum absolute atomic E-state index is 12.6. The Hall–Kier alpha value is -1.52. The van der Waals surface area contributed by atoms with E-state index in [-0.39, 0.29) is 5.91 Å². The summed E-state index contributed by atoms with van der Waals surface area (Å²) in [7, 11) is 0. The number of carbonyl (C=O) groups is 1. The molecule has 1 aliphatic rings. The van der Waals surface area contributed by atoms with Crippen molar-refractivity contribution in [1.29, 1.82) is 0 Å². The Balaban J connectivity index is 1.54. The minimum atomic E-state index is -0.0779. The number of nitrogens with one attached hydrogen (secondary N) is 2. The number of carbonyl (C=O) groups excluding carboxylic acids is 1. The van der Waals surface area contributed by atoms with Crippen LogP contribution in [0.15, 0.2) is 24.3 Å². The summed E-state index contributed by atoms with van der Waals surface area (Å²) in [5.74, 6) is 0.488. The van der Waals surface area contributed by atoms with Gasteiger partial charge >= 0.3 is 0 Å². The van der Waals surface area contributed by atoms with Crippen LogP contribution in [0.4, 0.5) is 0 Å². The summed E-state index contributed by atoms with van der Waals surface area (Å²) in [6, 6.07) is 7.72. The van der Waals surface area contributed by atoms with Crippen LogP contribution in [0.2, 0.25) is 5.15 Å². The number of hydrogen-bond acceptors (Lipinski definition) is 2. The standard InChI is InChI=1S/C19H26ClN3O/c1-2-3-10-23-11-8-14(9-12-23)13-21-19(24)17-15-6-4-5-7-16(15)22-18(17)20/h4-7,14,22H,2-3,8-13H2,1H3,(H,21,24). The summed E-state index contributed by atoms with van der Waals surface area (Å²) >= 11 is 6.23. The highest BCUT2D eigenvalue weighted by molar-refractivity contribution is 6.35. The third kappa shape index (κ3) is 3.93. The summed E-state index contributed by atoms with van der Waals surface area (Å²) in [5.41, 5.74) is 1.46. The van der Waals surface area contributed by atoms with Gasteiger partial charge in [0.1, 0.15) is 5.15 Å². The summed E-state index contributed by atoms with van der Waals surface area (Å²) in [4.78, 5) is 18.2. The lowest BCUT2D eigenvalue weighted by Crippen LogP contribution is -2.39. The van der Waals surface area contributed by atoms with Gasteiger partial charge in [0.2, 0.25) is 0 Å². The molecule has 2 aromatic rings. The molecule has 1 aliphatic heterocycles. The van der Waals surface area contributed by atoms with Crippen LogP contribution in [-0.4, -0.2) is 42.0 Å². The Morgan fingerprint density at radius 1 is 1.33 bits per heavy atom. The van der Waals surface area contributed by atoms with Gasteiger partial charge in [-0.15, -0.1) is 0 Å². The van der Waals surface area contributed by atoms with Crippen molar-refractivity contribution in [3.05, 3.63) is 35.0 Å². The van der Waals surface area contributed by atoms with E-state index >= 15 is 0 Å². The number of para-hydroxylation sites is 1. The molecule has 24 heavy (non-hydrogen) atoms. The fraction of sp³-hybridized carbons (Fsp3) is 0.526. The van der Waals surface area contributed by atoms with Crippen molar-refractivity contribution in [2.45, 2.75) is 32.6 Å². The van der Waals surface area contributed by atoms with E-state index in [0.29, 0.717) is 16.6 Å². The van der Waals surface area contributed by atoms with Gasteiger partial charge in [-0.1, -0.05) is 43.1 Å². The highest BCUT2D eigenvalue weighted by Gasteiger charge is 2.21. The van der Waals surface area contributed by atoms with Crippen molar-refractivity contribution >= 4 is 28.4 Å². The van der Waals surface area contributed by atoms with E-state index in [1.165, 1.54) is 19.4 Å². The fourth-order valence-corrected chi connectivity index (χ4v) is 3.74. The lowest BCUT2D eigenvalue weighted by Gasteiger charge is -2.31. The Bertz CT molecular complexity index is 689. The van der Waals surface area contributed by atoms with Crippen LogP contribution in [0.5, 0.6) is 0 Å². The van der Waals surface area contributed by atoms with Gasteiger partial charge in [-0.2, -0.15) is 0 Å². The summed E-state index contributed by atoms with van der Waals surface area (Å²) in [5, 5.41) is 4.39. The van der Waals surface area contributed by atoms with E-state index in [4.69, 9.17) is 11.6 Å². The van der Waals surface area contributed by atoms with Gasteiger partial charge in [-0.3, -0.25) is 4.79 Å². The van der Waals surface area contributed by atoms with Gasteiger partial charge in [-0.25, -0.2) is 0 Å². The lowest BCUT2D eigenvalue weighted by atomic mass is 9.96. The number of rotatable bonds is 6. The number of unbranched alkanes of at least 4 members (excludes halogenated alkanes) is 1. The molecule has 2 heterocycles. The predicted octanol–water partition coefficient (Wildman–Crippen LogP) is 4.06. The van der Waals surface area contributed by atoms with E-state index in [1.807, 2.05) is 24.3 Å². The zero-order chi connectivity index (χ0) is 16.9. The summed E-state index contributed by atoms with van der Waals surface area (Å²) in [6.07, 6.45) is 4.85. The van der Waals surface area contributed by atoms with E-state index < -0.39 is 0 Å². The second kappa shape index (κ2) is 8.04. The molecule has 0 spiro atoms. The monoisotopic (exact) mass is 347 g/mol. The van der Waals surface area contributed by atoms with Crippen LogP contribution < -0.4 is 5.32 Å². The molecule has 0 aliphatic carbocycles. The molecule has 0 saturated carbocycles. The number of fused-ring (bicyclic) bond motifs is 1. The smallest absolute Gasteiger partial charge is 0.255 e. The second-order valence-electron chi connectivity index (χ2n) is 6.71. The molecule has 2 N–H and O–H groups in total. The van der Waals surface area contributed by atoms with Crippen LogP contribution in [0.25, 0.3) is 10.9 Å². The molecular formula is C19H26ClN3O. The van der Waals surface area contributed by atoms with Gasteiger partial charge in [0, 0.05) is 17.4 Å². The van der Waals surface area contributed by atoms with E-state index in [1.54, 1.807) is 0 Å². The third-order valence-electron chi connectivity index (χ3n) is 4.97. The molecular weight excluding hydrogens is 322 g/mol. The topological polar surface area (TPSA) is 48.1 Å². The molecule has 0 radical (unpaired) electrons. The van der Waals surface area contributed by atoms with Crippen molar-refractivity contribution in [2.24, 2.45) is 5.92 Å². The molecule has 1 saturated heterocycles. The number of piperidine rings is 1. The highest BCUT2D eigenvalue weighted by atomic mass is 35.5. The molecule has 1 aromatic heterocycles. The number of aromatic amines is 1. The zero-order valence-corrected chi connectivity index (χ0v) is 15.0. The first-order valence-electron chi connectivity index (χ1n) is 8.95. The fourth-order valence-electron chi connectivity index (χ4n) is 3.45. The van der Waals surface area contributed by atoms with E-state index in [2.05, 4.69) is 22.1 Å². The number of benzene rings is 1. The van der Waals surface area contributed by atoms with Gasteiger partial charge < -0.3 is 15.2 Å². The Labute approximate surface area is 148 Å². The number of aromatic nitrogens is 1. The minimum Gasteiger partial charge on any atom is -0.352 e. The van der Waals surface area contributed by atoms with Gasteiger partial charge in [0.05, 0.1) is 5.56 Å². The number of hydrogen-bond donors (Lipinski definition) is 2. The lowest BCUT2D eigenvalue weighted by molar-refractivity contribution is 0.0938. The third-order valence-corrected chi connectivity index (χ3v) is 5.26. The van der Waals surface area contributed by atoms with E-state index in [9.17, 15) is 4.79 Å². The van der Waals surface area contributed by atoms with Crippen molar-refractivity contribution in [3.63, 3.8) is 0 Å². The molecule has 0 bridgehead atoms. The first-order chi connectivity index (χ1) is 11.7. The molecule has 0 atom stereocenters. The molecule has 1 fully saturated rings. The molecule has 1 amide bonds. The second-order valence-corrected chi connectivity index (χ2v) is 7.09. The maximum atomic E-state index is 12.6. The van der Waals surface area contributed by atoms with Crippen molar-refractivity contribution in [1.82, 2.24) is 15.2 Å². The van der Waals surface area contributed by atoms with E-state index in [0.717, 1.165) is 43.4 Å². The minimum absolute atomic E-state index is 0.0779. The quantitative estimate of drug-likeness (QED) is 0.827. The van der Waals surface area contributed by atoms with Crippen molar-refractivity contribution in [3.8, 4) is 0 Å². The van der Waals surface area contributed by atoms with Gasteiger partial charge in [0.25, 0.3) is 5.91 Å². The Morgan fingerprint density at radius 2 is 2.08 bits per heavy atom. The molecule has 3 rings (SSSR count). The molecule has 5 heteroatoms. The number of amides is 1. The molecule has 4 nitrogen and oxygen atoms in total. The summed E-state index contributed by atoms with van der Waals surface area (Å²) < 4.78 is 0. The number of H-pyrrole nitrogens is 1. The largest absolute Gasteiger partial charge is 0.352 e. The van der Waals surface area contributed by atoms with Gasteiger partial charge in [-0.05, 0) is 50.9 Å². The van der Waals surface area contributed by atoms with Crippen LogP contribution in [-0.2, 0) is 0 Å². The van der Waals surface area contributed by atoms with Crippen molar-refractivity contribution < 1.29 is 4.79 Å². The SMILES string of the molecule is CCCCN1CCC(CNC(=O)c2c(Cl)[nH]c3ccccc23)CC1. The van der Waals surface area contributed by atoms with Crippen LogP contribution in [0, 0.1) is 5.92 Å². The highest BCUT2D eigenvalue weighted by Crippen LogP contribution is 2.26. The van der Waals surface area contributed by atoms with Crippen LogP contribution >= 0.6 is 11.6 Å². The predicted molar refractivity (Wildman–Crippen MR) is 99.7 cm³/mol. The molecule has 130 valence electrons. The Morgan fingerprint density at radius 3 is 2.83 bits per heavy atom. The Kier molecular flexibility index (Phi) is 5.80. The zero-order valence-electron chi connectivity index (χ0n) is 14.3. The average Bonchev–Trinajstić information content (AvgIpc) is 2.94. The van der Waals surface area contributed by atoms with Gasteiger partial charge in [0.15, 0.2) is 0 Å². The average molecular weight is 348 g/mol.